The number of ether oxygens (including phenoxy) is 2. The van der Waals surface area contributed by atoms with Gasteiger partial charge in [-0.05, 0) is 44.0 Å². The molecular formula is C14H19NO2S. The zero-order chi connectivity index (χ0) is 12.8. The second-order valence-corrected chi connectivity index (χ2v) is 4.71. The van der Waals surface area contributed by atoms with Crippen LogP contribution >= 0.6 is 12.2 Å². The van der Waals surface area contributed by atoms with Gasteiger partial charge in [-0.25, -0.2) is 0 Å². The second kappa shape index (κ2) is 6.71. The summed E-state index contributed by atoms with van der Waals surface area (Å²) < 4.78 is 10.9. The molecule has 1 aliphatic heterocycles. The Hall–Kier alpha value is -1.13. The van der Waals surface area contributed by atoms with E-state index in [-0.39, 0.29) is 0 Å². The Kier molecular flexibility index (Phi) is 4.96. The van der Waals surface area contributed by atoms with Crippen molar-refractivity contribution in [1.82, 2.24) is 5.32 Å². The highest BCUT2D eigenvalue weighted by atomic mass is 32.1. The normalized spacial score (nSPS) is 18.6. The molecule has 0 radical (unpaired) electrons. The van der Waals surface area contributed by atoms with Crippen LogP contribution in [-0.2, 0) is 4.74 Å². The molecule has 1 aromatic rings. The molecule has 0 saturated carbocycles. The monoisotopic (exact) mass is 265 g/mol. The summed E-state index contributed by atoms with van der Waals surface area (Å²) in [5, 5.41) is 3.26. The molecule has 0 bridgehead atoms. The molecule has 1 fully saturated rings. The van der Waals surface area contributed by atoms with Gasteiger partial charge >= 0.3 is 0 Å². The van der Waals surface area contributed by atoms with E-state index >= 15 is 0 Å². The van der Waals surface area contributed by atoms with Crippen LogP contribution < -0.4 is 10.1 Å². The van der Waals surface area contributed by atoms with E-state index in [0.29, 0.717) is 12.7 Å². The van der Waals surface area contributed by atoms with Crippen LogP contribution in [0.4, 0.5) is 0 Å². The Bertz CT molecular complexity index is 385. The number of hydrogen-bond donors (Lipinski definition) is 1. The van der Waals surface area contributed by atoms with Crippen LogP contribution in [0.3, 0.4) is 0 Å². The van der Waals surface area contributed by atoms with Crippen molar-refractivity contribution in [1.29, 1.82) is 0 Å². The Morgan fingerprint density at radius 1 is 1.44 bits per heavy atom. The van der Waals surface area contributed by atoms with Gasteiger partial charge in [-0.15, -0.1) is 0 Å². The van der Waals surface area contributed by atoms with Gasteiger partial charge in [-0.1, -0.05) is 12.2 Å². The summed E-state index contributed by atoms with van der Waals surface area (Å²) in [6, 6.07) is 7.85. The zero-order valence-electron chi connectivity index (χ0n) is 10.6. The molecule has 1 aromatic carbocycles. The third-order valence-electron chi connectivity index (χ3n) is 2.94. The lowest BCUT2D eigenvalue weighted by atomic mass is 10.2. The Morgan fingerprint density at radius 3 is 2.83 bits per heavy atom. The van der Waals surface area contributed by atoms with Crippen molar-refractivity contribution < 1.29 is 9.47 Å². The van der Waals surface area contributed by atoms with E-state index in [1.807, 2.05) is 31.2 Å². The number of hydrogen-bond acceptors (Lipinski definition) is 3. The Balaban J connectivity index is 1.83. The topological polar surface area (TPSA) is 30.5 Å². The van der Waals surface area contributed by atoms with Gasteiger partial charge in [0.2, 0.25) is 0 Å². The van der Waals surface area contributed by atoms with Crippen molar-refractivity contribution in [2.24, 2.45) is 0 Å². The molecule has 1 N–H and O–H groups in total. The summed E-state index contributed by atoms with van der Waals surface area (Å²) >= 11 is 5.36. The minimum Gasteiger partial charge on any atom is -0.494 e. The highest BCUT2D eigenvalue weighted by Gasteiger charge is 2.15. The third-order valence-corrected chi connectivity index (χ3v) is 3.32. The fourth-order valence-electron chi connectivity index (χ4n) is 1.98. The molecular weight excluding hydrogens is 246 g/mol. The standard InChI is InChI=1S/C14H19NO2S/c1-2-16-12-7-5-11(6-8-12)14(18)15-10-13-4-3-9-17-13/h5-8,13H,2-4,9-10H2,1H3,(H,15,18)/t13-/m0/s1. The Morgan fingerprint density at radius 2 is 2.22 bits per heavy atom. The maximum atomic E-state index is 5.55. The van der Waals surface area contributed by atoms with Gasteiger partial charge in [0, 0.05) is 18.7 Å². The molecule has 3 nitrogen and oxygen atoms in total. The SMILES string of the molecule is CCOc1ccc(C(=S)NC[C@@H]2CCCO2)cc1. The molecule has 18 heavy (non-hydrogen) atoms. The van der Waals surface area contributed by atoms with E-state index in [1.165, 1.54) is 0 Å². The lowest BCUT2D eigenvalue weighted by molar-refractivity contribution is 0.114. The molecule has 0 aromatic heterocycles. The lowest BCUT2D eigenvalue weighted by Gasteiger charge is -2.13. The van der Waals surface area contributed by atoms with Crippen molar-refractivity contribution in [2.45, 2.75) is 25.9 Å². The van der Waals surface area contributed by atoms with Crippen LogP contribution in [0, 0.1) is 0 Å². The highest BCUT2D eigenvalue weighted by molar-refractivity contribution is 7.80. The molecule has 0 spiro atoms. The van der Waals surface area contributed by atoms with Crippen molar-refractivity contribution in [3.05, 3.63) is 29.8 Å². The van der Waals surface area contributed by atoms with E-state index in [0.717, 1.165) is 42.3 Å². The predicted molar refractivity (Wildman–Crippen MR) is 76.3 cm³/mol. The summed E-state index contributed by atoms with van der Waals surface area (Å²) in [6.45, 7) is 4.33. The van der Waals surface area contributed by atoms with Gasteiger partial charge in [-0.2, -0.15) is 0 Å². The van der Waals surface area contributed by atoms with Gasteiger partial charge in [0.25, 0.3) is 0 Å². The minimum atomic E-state index is 0.311. The summed E-state index contributed by atoms with van der Waals surface area (Å²) in [4.78, 5) is 0.772. The molecule has 0 unspecified atom stereocenters. The number of rotatable bonds is 5. The molecule has 1 saturated heterocycles. The van der Waals surface area contributed by atoms with E-state index < -0.39 is 0 Å². The average Bonchev–Trinajstić information content (AvgIpc) is 2.90. The lowest BCUT2D eigenvalue weighted by Crippen LogP contribution is -2.31. The molecule has 2 rings (SSSR count). The predicted octanol–water partition coefficient (Wildman–Crippen LogP) is 2.53. The first-order valence-corrected chi connectivity index (χ1v) is 6.83. The fraction of sp³-hybridized carbons (Fsp3) is 0.500. The van der Waals surface area contributed by atoms with E-state index in [9.17, 15) is 0 Å². The first kappa shape index (κ1) is 13.3. The van der Waals surface area contributed by atoms with Crippen molar-refractivity contribution in [2.75, 3.05) is 19.8 Å². The summed E-state index contributed by atoms with van der Waals surface area (Å²) in [5.74, 6) is 0.878. The highest BCUT2D eigenvalue weighted by Crippen LogP contribution is 2.13. The van der Waals surface area contributed by atoms with Gasteiger partial charge in [-0.3, -0.25) is 0 Å². The van der Waals surface area contributed by atoms with Crippen molar-refractivity contribution in [3.63, 3.8) is 0 Å². The van der Waals surface area contributed by atoms with Crippen LogP contribution in [-0.4, -0.2) is 30.9 Å². The maximum absolute atomic E-state index is 5.55. The smallest absolute Gasteiger partial charge is 0.119 e. The maximum Gasteiger partial charge on any atom is 0.119 e. The quantitative estimate of drug-likeness (QED) is 0.829. The summed E-state index contributed by atoms with van der Waals surface area (Å²) in [6.07, 6.45) is 2.59. The van der Waals surface area contributed by atoms with Crippen LogP contribution in [0.5, 0.6) is 5.75 Å². The zero-order valence-corrected chi connectivity index (χ0v) is 11.5. The largest absolute Gasteiger partial charge is 0.494 e. The first-order valence-electron chi connectivity index (χ1n) is 6.42. The van der Waals surface area contributed by atoms with Crippen LogP contribution in [0.25, 0.3) is 0 Å². The first-order chi connectivity index (χ1) is 8.79. The minimum absolute atomic E-state index is 0.311. The summed E-state index contributed by atoms with van der Waals surface area (Å²) in [5.41, 5.74) is 1.02. The molecule has 0 aliphatic carbocycles. The molecule has 1 heterocycles. The number of benzene rings is 1. The third kappa shape index (κ3) is 3.68. The molecule has 1 atom stereocenters. The average molecular weight is 265 g/mol. The molecule has 4 heteroatoms. The molecule has 0 amide bonds. The number of thiocarbonyl (C=S) groups is 1. The van der Waals surface area contributed by atoms with E-state index in [4.69, 9.17) is 21.7 Å². The van der Waals surface area contributed by atoms with Crippen molar-refractivity contribution >= 4 is 17.2 Å². The van der Waals surface area contributed by atoms with E-state index in [2.05, 4.69) is 5.32 Å². The van der Waals surface area contributed by atoms with Gasteiger partial charge in [0.15, 0.2) is 0 Å². The summed E-state index contributed by atoms with van der Waals surface area (Å²) in [7, 11) is 0. The van der Waals surface area contributed by atoms with Crippen LogP contribution in [0.1, 0.15) is 25.3 Å². The van der Waals surface area contributed by atoms with Gasteiger partial charge in [0.05, 0.1) is 12.7 Å². The Labute approximate surface area is 113 Å². The fourth-order valence-corrected chi connectivity index (χ4v) is 2.20. The molecule has 98 valence electrons. The second-order valence-electron chi connectivity index (χ2n) is 4.30. The van der Waals surface area contributed by atoms with Crippen LogP contribution in [0.2, 0.25) is 0 Å². The molecule has 1 aliphatic rings. The number of nitrogens with one attached hydrogen (secondary N) is 1. The van der Waals surface area contributed by atoms with Crippen molar-refractivity contribution in [3.8, 4) is 5.75 Å². The van der Waals surface area contributed by atoms with Gasteiger partial charge in [0.1, 0.15) is 10.7 Å². The van der Waals surface area contributed by atoms with Crippen LogP contribution in [0.15, 0.2) is 24.3 Å². The van der Waals surface area contributed by atoms with Gasteiger partial charge < -0.3 is 14.8 Å². The van der Waals surface area contributed by atoms with E-state index in [1.54, 1.807) is 0 Å².